The van der Waals surface area contributed by atoms with Crippen molar-refractivity contribution in [1.29, 1.82) is 0 Å². The first-order valence-corrected chi connectivity index (χ1v) is 3.70. The van der Waals surface area contributed by atoms with Crippen molar-refractivity contribution < 1.29 is 10.2 Å². The van der Waals surface area contributed by atoms with E-state index < -0.39 is 0 Å². The van der Waals surface area contributed by atoms with Crippen LogP contribution in [-0.2, 0) is 0 Å². The van der Waals surface area contributed by atoms with Crippen molar-refractivity contribution in [2.24, 2.45) is 0 Å². The summed E-state index contributed by atoms with van der Waals surface area (Å²) in [5, 5.41) is 18.3. The van der Waals surface area contributed by atoms with Gasteiger partial charge in [0.15, 0.2) is 0 Å². The Hall–Kier alpha value is -1.44. The molecule has 0 aromatic heterocycles. The number of rotatable bonds is 3. The van der Waals surface area contributed by atoms with E-state index in [2.05, 4.69) is 6.58 Å². The fourth-order valence-corrected chi connectivity index (χ4v) is 0.677. The van der Waals surface area contributed by atoms with Crippen LogP contribution in [0.5, 0.6) is 0 Å². The van der Waals surface area contributed by atoms with Gasteiger partial charge in [-0.15, -0.1) is 0 Å². The van der Waals surface area contributed by atoms with E-state index in [1.807, 2.05) is 6.92 Å². The number of aliphatic hydroxyl groups is 2. The number of allylic oxidation sites excluding steroid dienone is 4. The molecule has 0 aliphatic carbocycles. The van der Waals surface area contributed by atoms with Crippen molar-refractivity contribution in [1.82, 2.24) is 0 Å². The summed E-state index contributed by atoms with van der Waals surface area (Å²) >= 11 is 0. The lowest BCUT2D eigenvalue weighted by molar-refractivity contribution is 0.385. The smallest absolute Gasteiger partial charge is 0.122 e. The second-order valence-corrected chi connectivity index (χ2v) is 2.23. The maximum atomic E-state index is 9.25. The first kappa shape index (κ1) is 10.6. The van der Waals surface area contributed by atoms with Gasteiger partial charge in [-0.3, -0.25) is 0 Å². The predicted molar refractivity (Wildman–Crippen MR) is 51.1 cm³/mol. The Kier molecular flexibility index (Phi) is 4.61. The van der Waals surface area contributed by atoms with Crippen molar-refractivity contribution in [3.8, 4) is 0 Å². The molecule has 66 valence electrons. The van der Waals surface area contributed by atoms with Crippen LogP contribution >= 0.6 is 0 Å². The summed E-state index contributed by atoms with van der Waals surface area (Å²) in [6.45, 7) is 6.86. The van der Waals surface area contributed by atoms with E-state index in [4.69, 9.17) is 5.11 Å². The minimum atomic E-state index is -0.135. The molecule has 0 aromatic rings. The topological polar surface area (TPSA) is 40.5 Å². The summed E-state index contributed by atoms with van der Waals surface area (Å²) in [5.41, 5.74) is 0.343. The lowest BCUT2D eigenvalue weighted by Crippen LogP contribution is -1.90. The van der Waals surface area contributed by atoms with Gasteiger partial charge in [0.1, 0.15) is 11.5 Å². The largest absolute Gasteiger partial charge is 0.508 e. The molecular weight excluding hydrogens is 152 g/mol. The summed E-state index contributed by atoms with van der Waals surface area (Å²) in [4.78, 5) is 0. The number of hydrogen-bond acceptors (Lipinski definition) is 2. The van der Waals surface area contributed by atoms with Crippen LogP contribution in [0.2, 0.25) is 0 Å². The van der Waals surface area contributed by atoms with E-state index in [1.165, 1.54) is 6.08 Å². The molecule has 0 aromatic carbocycles. The molecule has 2 N–H and O–H groups in total. The Labute approximate surface area is 72.9 Å². The van der Waals surface area contributed by atoms with Gasteiger partial charge in [0.05, 0.1) is 5.57 Å². The van der Waals surface area contributed by atoms with Crippen molar-refractivity contribution in [2.75, 3.05) is 0 Å². The molecule has 0 aliphatic heterocycles. The van der Waals surface area contributed by atoms with Crippen LogP contribution in [0.15, 0.2) is 48.0 Å². The maximum absolute atomic E-state index is 9.25. The zero-order valence-corrected chi connectivity index (χ0v) is 7.41. The summed E-state index contributed by atoms with van der Waals surface area (Å²) in [6.07, 6.45) is 6.61. The lowest BCUT2D eigenvalue weighted by atomic mass is 10.1. The van der Waals surface area contributed by atoms with E-state index in [1.54, 1.807) is 25.2 Å². The highest BCUT2D eigenvalue weighted by molar-refractivity contribution is 5.39. The fourth-order valence-electron chi connectivity index (χ4n) is 0.677. The fraction of sp³-hybridized carbons (Fsp3) is 0.200. The molecule has 0 rings (SSSR count). The molecule has 0 fully saturated rings. The molecule has 12 heavy (non-hydrogen) atoms. The Morgan fingerprint density at radius 2 is 1.83 bits per heavy atom. The van der Waals surface area contributed by atoms with Gasteiger partial charge in [-0.25, -0.2) is 0 Å². The minimum Gasteiger partial charge on any atom is -0.508 e. The molecular formula is C10H14O2. The van der Waals surface area contributed by atoms with Crippen LogP contribution in [0.4, 0.5) is 0 Å². The Balaban J connectivity index is 4.79. The molecule has 2 nitrogen and oxygen atoms in total. The predicted octanol–water partition coefficient (Wildman–Crippen LogP) is 3.02. The molecule has 0 spiro atoms. The van der Waals surface area contributed by atoms with E-state index in [9.17, 15) is 5.11 Å². The maximum Gasteiger partial charge on any atom is 0.122 e. The van der Waals surface area contributed by atoms with Crippen LogP contribution < -0.4 is 0 Å². The number of hydrogen-bond donors (Lipinski definition) is 2. The zero-order valence-electron chi connectivity index (χ0n) is 7.41. The highest BCUT2D eigenvalue weighted by Gasteiger charge is 2.03. The lowest BCUT2D eigenvalue weighted by Gasteiger charge is -2.02. The summed E-state index contributed by atoms with van der Waals surface area (Å²) in [7, 11) is 0. The molecule has 0 saturated carbocycles. The average Bonchev–Trinajstić information content (AvgIpc) is 2.04. The monoisotopic (exact) mass is 166 g/mol. The van der Waals surface area contributed by atoms with Gasteiger partial charge in [-0.2, -0.15) is 0 Å². The van der Waals surface area contributed by atoms with Gasteiger partial charge in [0, 0.05) is 0 Å². The van der Waals surface area contributed by atoms with Gasteiger partial charge < -0.3 is 10.2 Å². The third-order valence-corrected chi connectivity index (χ3v) is 1.32. The first-order valence-electron chi connectivity index (χ1n) is 3.70. The molecule has 0 aliphatic rings. The zero-order chi connectivity index (χ0) is 9.56. The van der Waals surface area contributed by atoms with E-state index in [0.29, 0.717) is 5.57 Å². The van der Waals surface area contributed by atoms with E-state index in [-0.39, 0.29) is 11.5 Å². The van der Waals surface area contributed by atoms with Gasteiger partial charge in [0.25, 0.3) is 0 Å². The average molecular weight is 166 g/mol. The molecule has 0 bridgehead atoms. The first-order chi connectivity index (χ1) is 5.63. The molecule has 0 atom stereocenters. The van der Waals surface area contributed by atoms with Crippen LogP contribution in [-0.4, -0.2) is 10.2 Å². The molecule has 2 heteroatoms. The van der Waals surface area contributed by atoms with Gasteiger partial charge in [-0.05, 0) is 26.0 Å². The van der Waals surface area contributed by atoms with Crippen molar-refractivity contribution >= 4 is 0 Å². The highest BCUT2D eigenvalue weighted by Crippen LogP contribution is 2.13. The summed E-state index contributed by atoms with van der Waals surface area (Å²) in [6, 6.07) is 0. The van der Waals surface area contributed by atoms with Crippen molar-refractivity contribution in [3.63, 3.8) is 0 Å². The van der Waals surface area contributed by atoms with Crippen LogP contribution in [0, 0.1) is 0 Å². The minimum absolute atomic E-state index is 0.0283. The summed E-state index contributed by atoms with van der Waals surface area (Å²) in [5.74, 6) is -0.107. The van der Waals surface area contributed by atoms with Gasteiger partial charge in [-0.1, -0.05) is 18.7 Å². The Morgan fingerprint density at radius 1 is 1.25 bits per heavy atom. The normalized spacial score (nSPS) is 13.8. The van der Waals surface area contributed by atoms with Crippen LogP contribution in [0.3, 0.4) is 0 Å². The SMILES string of the molecule is C=C(O)C(=C/C=C\C)/C(O)=C\C. The third kappa shape index (κ3) is 3.10. The second-order valence-electron chi connectivity index (χ2n) is 2.23. The Morgan fingerprint density at radius 3 is 2.17 bits per heavy atom. The van der Waals surface area contributed by atoms with E-state index in [0.717, 1.165) is 0 Å². The van der Waals surface area contributed by atoms with Gasteiger partial charge in [0.2, 0.25) is 0 Å². The quantitative estimate of drug-likeness (QED) is 0.499. The Bertz CT molecular complexity index is 245. The third-order valence-electron chi connectivity index (χ3n) is 1.32. The van der Waals surface area contributed by atoms with Gasteiger partial charge >= 0.3 is 0 Å². The second kappa shape index (κ2) is 5.24. The molecule has 0 saturated heterocycles. The summed E-state index contributed by atoms with van der Waals surface area (Å²) < 4.78 is 0. The van der Waals surface area contributed by atoms with E-state index >= 15 is 0 Å². The standard InChI is InChI=1S/C10H14O2/c1-4-6-7-9(8(3)11)10(12)5-2/h4-7,11-12H,3H2,1-2H3/b6-4-,9-7-,10-5+. The molecule has 0 heterocycles. The molecule has 0 radical (unpaired) electrons. The highest BCUT2D eigenvalue weighted by atomic mass is 16.3. The van der Waals surface area contributed by atoms with Crippen molar-refractivity contribution in [2.45, 2.75) is 13.8 Å². The van der Waals surface area contributed by atoms with Crippen molar-refractivity contribution in [3.05, 3.63) is 48.0 Å². The molecule has 0 unspecified atom stereocenters. The number of aliphatic hydroxyl groups excluding tert-OH is 2. The van der Waals surface area contributed by atoms with Crippen LogP contribution in [0.1, 0.15) is 13.8 Å². The van der Waals surface area contributed by atoms with Crippen LogP contribution in [0.25, 0.3) is 0 Å². The molecule has 0 amide bonds.